The molecule has 138 valence electrons. The summed E-state index contributed by atoms with van der Waals surface area (Å²) in [5.74, 6) is -0.195. The minimum absolute atomic E-state index is 0.0419. The van der Waals surface area contributed by atoms with Gasteiger partial charge in [0.15, 0.2) is 17.0 Å². The summed E-state index contributed by atoms with van der Waals surface area (Å²) < 4.78 is 5.91. The highest BCUT2D eigenvalue weighted by Crippen LogP contribution is 2.66. The van der Waals surface area contributed by atoms with Crippen LogP contribution >= 0.6 is 0 Å². The Bertz CT molecular complexity index is 707. The van der Waals surface area contributed by atoms with E-state index < -0.39 is 29.5 Å². The maximum atomic E-state index is 13.2. The first-order valence-electron chi connectivity index (χ1n) is 9.16. The number of epoxide rings is 1. The van der Waals surface area contributed by atoms with E-state index in [4.69, 9.17) is 4.74 Å². The van der Waals surface area contributed by atoms with Gasteiger partial charge in [-0.05, 0) is 54.7 Å². The van der Waals surface area contributed by atoms with Crippen LogP contribution in [0.5, 0.6) is 0 Å². The second-order valence-corrected chi connectivity index (χ2v) is 9.22. The van der Waals surface area contributed by atoms with Gasteiger partial charge in [-0.1, -0.05) is 26.8 Å². The van der Waals surface area contributed by atoms with E-state index in [-0.39, 0.29) is 29.0 Å². The van der Waals surface area contributed by atoms with Crippen LogP contribution in [0.1, 0.15) is 41.0 Å². The van der Waals surface area contributed by atoms with Gasteiger partial charge in [0, 0.05) is 5.92 Å². The molecule has 1 heterocycles. The van der Waals surface area contributed by atoms with Crippen LogP contribution in [0.25, 0.3) is 0 Å². The van der Waals surface area contributed by atoms with Crippen LogP contribution in [0.4, 0.5) is 0 Å². The Morgan fingerprint density at radius 1 is 1.20 bits per heavy atom. The number of carbonyl (C=O) groups excluding carboxylic acids is 1. The van der Waals surface area contributed by atoms with Crippen molar-refractivity contribution in [1.82, 2.24) is 0 Å². The molecule has 5 nitrogen and oxygen atoms in total. The SMILES string of the molecule is C/C1=C/C2C(C(O)C(O)/C(C)=C\C34OC3(CC(C)C4O)C1=O)C2(C)C. The number of ketones is 1. The molecule has 3 aliphatic carbocycles. The summed E-state index contributed by atoms with van der Waals surface area (Å²) in [6.45, 7) is 9.54. The van der Waals surface area contributed by atoms with Gasteiger partial charge in [0.2, 0.25) is 0 Å². The molecule has 4 aliphatic rings. The Labute approximate surface area is 148 Å². The van der Waals surface area contributed by atoms with Crippen molar-refractivity contribution in [2.24, 2.45) is 23.2 Å². The lowest BCUT2D eigenvalue weighted by atomic mass is 9.85. The van der Waals surface area contributed by atoms with Crippen molar-refractivity contribution in [3.63, 3.8) is 0 Å². The van der Waals surface area contributed by atoms with Gasteiger partial charge >= 0.3 is 0 Å². The third-order valence-corrected chi connectivity index (χ3v) is 7.27. The summed E-state index contributed by atoms with van der Waals surface area (Å²) in [5.41, 5.74) is -1.09. The number of Topliss-reactive ketones (excluding diaryl/α,β-unsaturated/α-hetero) is 1. The molecular weight excluding hydrogens is 320 g/mol. The molecule has 25 heavy (non-hydrogen) atoms. The molecule has 8 unspecified atom stereocenters. The van der Waals surface area contributed by atoms with Crippen LogP contribution in [0.2, 0.25) is 0 Å². The second kappa shape index (κ2) is 4.83. The molecule has 1 aliphatic heterocycles. The lowest BCUT2D eigenvalue weighted by Crippen LogP contribution is -2.37. The lowest BCUT2D eigenvalue weighted by molar-refractivity contribution is -0.120. The minimum atomic E-state index is -1.08. The number of aliphatic hydroxyl groups excluding tert-OH is 3. The van der Waals surface area contributed by atoms with Crippen LogP contribution in [-0.2, 0) is 9.53 Å². The molecule has 0 aromatic rings. The van der Waals surface area contributed by atoms with E-state index in [1.807, 2.05) is 13.0 Å². The Morgan fingerprint density at radius 2 is 1.84 bits per heavy atom. The number of aliphatic hydroxyl groups is 3. The Hall–Kier alpha value is -1.01. The quantitative estimate of drug-likeness (QED) is 0.454. The molecule has 3 fully saturated rings. The van der Waals surface area contributed by atoms with Gasteiger partial charge < -0.3 is 20.1 Å². The molecule has 0 aromatic heterocycles. The van der Waals surface area contributed by atoms with Crippen LogP contribution in [0, 0.1) is 23.2 Å². The fourth-order valence-corrected chi connectivity index (χ4v) is 5.54. The molecule has 0 aromatic carbocycles. The summed E-state index contributed by atoms with van der Waals surface area (Å²) in [6.07, 6.45) is 1.36. The van der Waals surface area contributed by atoms with E-state index in [1.165, 1.54) is 0 Å². The van der Waals surface area contributed by atoms with Crippen molar-refractivity contribution in [3.05, 3.63) is 23.3 Å². The number of hydrogen-bond donors (Lipinski definition) is 3. The average molecular weight is 348 g/mol. The fourth-order valence-electron chi connectivity index (χ4n) is 5.54. The third kappa shape index (κ3) is 1.95. The monoisotopic (exact) mass is 348 g/mol. The van der Waals surface area contributed by atoms with Crippen LogP contribution in [-0.4, -0.2) is 50.6 Å². The smallest absolute Gasteiger partial charge is 0.193 e. The first kappa shape index (κ1) is 17.4. The Kier molecular flexibility index (Phi) is 3.36. The van der Waals surface area contributed by atoms with Gasteiger partial charge in [0.25, 0.3) is 0 Å². The summed E-state index contributed by atoms with van der Waals surface area (Å²) in [4.78, 5) is 13.2. The van der Waals surface area contributed by atoms with Gasteiger partial charge in [-0.3, -0.25) is 4.79 Å². The van der Waals surface area contributed by atoms with Crippen molar-refractivity contribution in [2.45, 2.75) is 70.6 Å². The molecule has 4 rings (SSSR count). The molecule has 0 spiro atoms. The van der Waals surface area contributed by atoms with Crippen LogP contribution < -0.4 is 0 Å². The standard InChI is InChI=1S/C20H28O5/c1-9-6-12-13(18(12,4)5)15(22)14(21)10(2)7-19-17(24)11(3)8-20(19,25-19)16(9)23/h6-7,11-15,17,21-22,24H,8H2,1-5H3/b9-6-,10-7-. The largest absolute Gasteiger partial charge is 0.390 e. The molecule has 0 amide bonds. The highest BCUT2D eigenvalue weighted by Gasteiger charge is 2.81. The lowest BCUT2D eigenvalue weighted by Gasteiger charge is -2.22. The van der Waals surface area contributed by atoms with Crippen molar-refractivity contribution in [1.29, 1.82) is 0 Å². The molecule has 0 bridgehead atoms. The summed E-state index contributed by atoms with van der Waals surface area (Å²) in [6, 6.07) is 0. The fraction of sp³-hybridized carbons (Fsp3) is 0.750. The normalized spacial score (nSPS) is 57.8. The Morgan fingerprint density at radius 3 is 2.48 bits per heavy atom. The minimum Gasteiger partial charge on any atom is -0.390 e. The third-order valence-electron chi connectivity index (χ3n) is 7.27. The number of rotatable bonds is 0. The summed E-state index contributed by atoms with van der Waals surface area (Å²) in [7, 11) is 0. The molecule has 2 saturated carbocycles. The van der Waals surface area contributed by atoms with E-state index in [9.17, 15) is 20.1 Å². The highest BCUT2D eigenvalue weighted by molar-refractivity contribution is 6.05. The van der Waals surface area contributed by atoms with Gasteiger partial charge in [0.05, 0.1) is 12.2 Å². The number of hydrogen-bond acceptors (Lipinski definition) is 5. The van der Waals surface area contributed by atoms with E-state index in [2.05, 4.69) is 13.8 Å². The van der Waals surface area contributed by atoms with Crippen molar-refractivity contribution in [2.75, 3.05) is 0 Å². The molecule has 0 radical (unpaired) electrons. The predicted molar refractivity (Wildman–Crippen MR) is 91.6 cm³/mol. The second-order valence-electron chi connectivity index (χ2n) is 9.22. The Balaban J connectivity index is 1.84. The van der Waals surface area contributed by atoms with E-state index in [0.717, 1.165) is 0 Å². The van der Waals surface area contributed by atoms with Crippen molar-refractivity contribution in [3.8, 4) is 0 Å². The number of ether oxygens (including phenoxy) is 1. The van der Waals surface area contributed by atoms with E-state index in [0.29, 0.717) is 17.6 Å². The zero-order chi connectivity index (χ0) is 18.5. The van der Waals surface area contributed by atoms with E-state index >= 15 is 0 Å². The molecule has 3 N–H and O–H groups in total. The van der Waals surface area contributed by atoms with Crippen LogP contribution in [0.15, 0.2) is 23.3 Å². The summed E-state index contributed by atoms with van der Waals surface area (Å²) >= 11 is 0. The number of allylic oxidation sites excluding steroid dienone is 1. The zero-order valence-electron chi connectivity index (χ0n) is 15.5. The number of carbonyl (C=O) groups is 1. The summed E-state index contributed by atoms with van der Waals surface area (Å²) in [5, 5.41) is 32.0. The molecule has 1 saturated heterocycles. The molecular formula is C20H28O5. The predicted octanol–water partition coefficient (Wildman–Crippen LogP) is 1.36. The highest BCUT2D eigenvalue weighted by atomic mass is 16.7. The molecule has 5 heteroatoms. The first-order valence-corrected chi connectivity index (χ1v) is 9.16. The number of fused-ring (bicyclic) bond motifs is 1. The zero-order valence-corrected chi connectivity index (χ0v) is 15.5. The molecule has 8 atom stereocenters. The van der Waals surface area contributed by atoms with E-state index in [1.54, 1.807) is 19.9 Å². The van der Waals surface area contributed by atoms with Gasteiger partial charge in [-0.2, -0.15) is 0 Å². The van der Waals surface area contributed by atoms with Gasteiger partial charge in [-0.25, -0.2) is 0 Å². The maximum absolute atomic E-state index is 13.2. The van der Waals surface area contributed by atoms with Crippen LogP contribution in [0.3, 0.4) is 0 Å². The van der Waals surface area contributed by atoms with Crippen molar-refractivity contribution < 1.29 is 24.9 Å². The van der Waals surface area contributed by atoms with Gasteiger partial charge in [-0.15, -0.1) is 0 Å². The average Bonchev–Trinajstić information content (AvgIpc) is 3.32. The van der Waals surface area contributed by atoms with Gasteiger partial charge in [0.1, 0.15) is 6.10 Å². The maximum Gasteiger partial charge on any atom is 0.193 e. The first-order chi connectivity index (χ1) is 11.5. The van der Waals surface area contributed by atoms with Crippen molar-refractivity contribution >= 4 is 5.78 Å². The topological polar surface area (TPSA) is 90.3 Å².